The van der Waals surface area contributed by atoms with Crippen LogP contribution < -0.4 is 10.1 Å². The summed E-state index contributed by atoms with van der Waals surface area (Å²) in [5.74, 6) is -3.23. The number of aromatic nitrogens is 1. The number of hydrogen-bond donors (Lipinski definition) is 1. The number of pyridine rings is 1. The van der Waals surface area contributed by atoms with Crippen molar-refractivity contribution >= 4 is 46.0 Å². The molecule has 3 aromatic carbocycles. The third kappa shape index (κ3) is 5.28. The van der Waals surface area contributed by atoms with E-state index in [1.54, 1.807) is 30.5 Å². The van der Waals surface area contributed by atoms with Crippen LogP contribution in [-0.2, 0) is 16.0 Å². The molecule has 0 saturated carbocycles. The van der Waals surface area contributed by atoms with Gasteiger partial charge in [0.2, 0.25) is 0 Å². The third-order valence-electron chi connectivity index (χ3n) is 6.12. The number of fused-ring (bicyclic) bond motifs is 1. The van der Waals surface area contributed by atoms with E-state index in [2.05, 4.69) is 10.3 Å². The molecule has 1 aromatic heterocycles. The minimum absolute atomic E-state index is 0.0165. The fraction of sp³-hybridized carbons (Fsp3) is 0.179. The van der Waals surface area contributed by atoms with Gasteiger partial charge in [-0.1, -0.05) is 41.4 Å². The average Bonchev–Trinajstić information content (AvgIpc) is 2.89. The standard InChI is InChI=1S/C28H22Cl2F2N2O4/c1-14-9-10-33-26-15(7-8-16(24(14)26)17-12-20(31)21(32)13-23(17)37-2)11-22(28(36)38-3)34-27(35)25-18(29)5-4-6-19(25)30/h4-10,12-13,22H,11H2,1-3H3,(H,34,35)/t22-/m0/s1. The monoisotopic (exact) mass is 558 g/mol. The van der Waals surface area contributed by atoms with Crippen molar-refractivity contribution in [3.05, 3.63) is 93.1 Å². The Labute approximate surface area is 227 Å². The second-order valence-electron chi connectivity index (χ2n) is 8.44. The van der Waals surface area contributed by atoms with E-state index in [9.17, 15) is 18.4 Å². The smallest absolute Gasteiger partial charge is 0.328 e. The fourth-order valence-electron chi connectivity index (χ4n) is 4.29. The summed E-state index contributed by atoms with van der Waals surface area (Å²) in [6.07, 6.45) is 1.62. The van der Waals surface area contributed by atoms with E-state index in [4.69, 9.17) is 32.7 Å². The Hall–Kier alpha value is -3.75. The first-order valence-corrected chi connectivity index (χ1v) is 12.1. The Morgan fingerprint density at radius 3 is 2.34 bits per heavy atom. The van der Waals surface area contributed by atoms with Gasteiger partial charge in [-0.25, -0.2) is 13.6 Å². The number of aryl methyl sites for hydroxylation is 1. The minimum Gasteiger partial charge on any atom is -0.496 e. The number of carbonyl (C=O) groups excluding carboxylic acids is 2. The molecule has 0 fully saturated rings. The van der Waals surface area contributed by atoms with Crippen LogP contribution in [-0.4, -0.2) is 37.1 Å². The molecule has 4 rings (SSSR count). The van der Waals surface area contributed by atoms with Gasteiger partial charge in [0.05, 0.1) is 35.3 Å². The van der Waals surface area contributed by atoms with Crippen molar-refractivity contribution in [2.45, 2.75) is 19.4 Å². The van der Waals surface area contributed by atoms with Crippen LogP contribution >= 0.6 is 23.2 Å². The molecule has 196 valence electrons. The molecule has 0 aliphatic heterocycles. The normalized spacial score (nSPS) is 11.8. The molecule has 0 saturated heterocycles. The molecule has 1 N–H and O–H groups in total. The van der Waals surface area contributed by atoms with Crippen LogP contribution in [0.4, 0.5) is 8.78 Å². The minimum atomic E-state index is -1.10. The molecular formula is C28H22Cl2F2N2O4. The highest BCUT2D eigenvalue weighted by molar-refractivity contribution is 6.39. The molecule has 38 heavy (non-hydrogen) atoms. The lowest BCUT2D eigenvalue weighted by Gasteiger charge is -2.20. The predicted molar refractivity (Wildman–Crippen MR) is 142 cm³/mol. The molecule has 10 heteroatoms. The summed E-state index contributed by atoms with van der Waals surface area (Å²) < 4.78 is 38.4. The number of nitrogens with zero attached hydrogens (tertiary/aromatic N) is 1. The number of nitrogens with one attached hydrogen (secondary N) is 1. The molecule has 0 unspecified atom stereocenters. The average molecular weight is 559 g/mol. The number of rotatable bonds is 7. The number of amides is 1. The highest BCUT2D eigenvalue weighted by Crippen LogP contribution is 2.38. The molecule has 4 aromatic rings. The van der Waals surface area contributed by atoms with Crippen molar-refractivity contribution in [2.24, 2.45) is 0 Å². The van der Waals surface area contributed by atoms with Crippen LogP contribution in [0.5, 0.6) is 5.75 Å². The van der Waals surface area contributed by atoms with Gasteiger partial charge >= 0.3 is 5.97 Å². The molecular weight excluding hydrogens is 537 g/mol. The van der Waals surface area contributed by atoms with Gasteiger partial charge in [0.15, 0.2) is 11.6 Å². The summed E-state index contributed by atoms with van der Waals surface area (Å²) in [5, 5.41) is 3.56. The molecule has 0 aliphatic rings. The van der Waals surface area contributed by atoms with Gasteiger partial charge in [-0.3, -0.25) is 9.78 Å². The predicted octanol–water partition coefficient (Wildman–Crippen LogP) is 6.32. The molecule has 6 nitrogen and oxygen atoms in total. The maximum atomic E-state index is 14.2. The zero-order valence-corrected chi connectivity index (χ0v) is 22.1. The first kappa shape index (κ1) is 27.3. The van der Waals surface area contributed by atoms with E-state index >= 15 is 0 Å². The Balaban J connectivity index is 1.79. The summed E-state index contributed by atoms with van der Waals surface area (Å²) in [5.41, 5.74) is 2.85. The molecule has 1 atom stereocenters. The van der Waals surface area contributed by atoms with Crippen LogP contribution in [0.3, 0.4) is 0 Å². The lowest BCUT2D eigenvalue weighted by atomic mass is 9.92. The Morgan fingerprint density at radius 1 is 1.00 bits per heavy atom. The largest absolute Gasteiger partial charge is 0.496 e. The molecule has 0 radical (unpaired) electrons. The molecule has 0 spiro atoms. The number of carbonyl (C=O) groups is 2. The first-order valence-electron chi connectivity index (χ1n) is 11.4. The van der Waals surface area contributed by atoms with Gasteiger partial charge in [0.25, 0.3) is 5.91 Å². The van der Waals surface area contributed by atoms with Crippen molar-refractivity contribution in [3.63, 3.8) is 0 Å². The van der Waals surface area contributed by atoms with Crippen molar-refractivity contribution in [3.8, 4) is 16.9 Å². The van der Waals surface area contributed by atoms with E-state index in [-0.39, 0.29) is 27.8 Å². The lowest BCUT2D eigenvalue weighted by Crippen LogP contribution is -2.43. The summed E-state index contributed by atoms with van der Waals surface area (Å²) in [6.45, 7) is 1.85. The van der Waals surface area contributed by atoms with E-state index in [0.29, 0.717) is 27.6 Å². The van der Waals surface area contributed by atoms with E-state index in [1.807, 2.05) is 6.92 Å². The summed E-state index contributed by atoms with van der Waals surface area (Å²) in [7, 11) is 2.58. The van der Waals surface area contributed by atoms with Gasteiger partial charge in [-0.15, -0.1) is 0 Å². The second kappa shape index (κ2) is 11.3. The molecule has 1 heterocycles. The Morgan fingerprint density at radius 2 is 1.68 bits per heavy atom. The number of ether oxygens (including phenoxy) is 2. The van der Waals surface area contributed by atoms with Crippen LogP contribution in [0, 0.1) is 18.6 Å². The Bertz CT molecular complexity index is 1540. The quantitative estimate of drug-likeness (QED) is 0.268. The van der Waals surface area contributed by atoms with Crippen molar-refractivity contribution in [1.29, 1.82) is 0 Å². The number of esters is 1. The lowest BCUT2D eigenvalue weighted by molar-refractivity contribution is -0.142. The SMILES string of the molecule is COC(=O)[C@H](Cc1ccc(-c2cc(F)c(F)cc2OC)c2c(C)ccnc12)NC(=O)c1c(Cl)cccc1Cl. The molecule has 0 aliphatic carbocycles. The van der Waals surface area contributed by atoms with E-state index in [1.165, 1.54) is 26.4 Å². The van der Waals surface area contributed by atoms with Gasteiger partial charge in [0, 0.05) is 29.6 Å². The van der Waals surface area contributed by atoms with Gasteiger partial charge in [0.1, 0.15) is 11.8 Å². The first-order chi connectivity index (χ1) is 18.2. The maximum Gasteiger partial charge on any atom is 0.328 e. The van der Waals surface area contributed by atoms with Crippen LogP contribution in [0.25, 0.3) is 22.0 Å². The highest BCUT2D eigenvalue weighted by atomic mass is 35.5. The molecule has 0 bridgehead atoms. The number of methoxy groups -OCH3 is 2. The van der Waals surface area contributed by atoms with Crippen molar-refractivity contribution in [1.82, 2.24) is 10.3 Å². The van der Waals surface area contributed by atoms with Crippen LogP contribution in [0.2, 0.25) is 10.0 Å². The fourth-order valence-corrected chi connectivity index (χ4v) is 4.85. The second-order valence-corrected chi connectivity index (χ2v) is 9.25. The topological polar surface area (TPSA) is 77.5 Å². The van der Waals surface area contributed by atoms with Gasteiger partial charge < -0.3 is 14.8 Å². The van der Waals surface area contributed by atoms with Crippen LogP contribution in [0.1, 0.15) is 21.5 Å². The summed E-state index contributed by atoms with van der Waals surface area (Å²) >= 11 is 12.3. The highest BCUT2D eigenvalue weighted by Gasteiger charge is 2.27. The molecule has 1 amide bonds. The van der Waals surface area contributed by atoms with Crippen LogP contribution in [0.15, 0.2) is 54.7 Å². The number of hydrogen-bond acceptors (Lipinski definition) is 5. The number of benzene rings is 3. The van der Waals surface area contributed by atoms with Gasteiger partial charge in [-0.05, 0) is 47.9 Å². The zero-order chi connectivity index (χ0) is 27.6. The van der Waals surface area contributed by atoms with Crippen molar-refractivity contribution in [2.75, 3.05) is 14.2 Å². The van der Waals surface area contributed by atoms with Gasteiger partial charge in [-0.2, -0.15) is 0 Å². The van der Waals surface area contributed by atoms with E-state index in [0.717, 1.165) is 17.7 Å². The summed E-state index contributed by atoms with van der Waals surface area (Å²) in [4.78, 5) is 30.2. The number of halogens is 4. The zero-order valence-electron chi connectivity index (χ0n) is 20.6. The van der Waals surface area contributed by atoms with Crippen molar-refractivity contribution < 1.29 is 27.8 Å². The maximum absolute atomic E-state index is 14.2. The summed E-state index contributed by atoms with van der Waals surface area (Å²) in [6, 6.07) is 10.8. The van der Waals surface area contributed by atoms with E-state index < -0.39 is 29.6 Å². The Kier molecular flexibility index (Phi) is 8.14. The third-order valence-corrected chi connectivity index (χ3v) is 6.75.